The van der Waals surface area contributed by atoms with Crippen LogP contribution in [0.5, 0.6) is 0 Å². The molecule has 1 aromatic heterocycles. The molecule has 0 amide bonds. The number of hydrogen-bond acceptors (Lipinski definition) is 6. The number of H-pyrrole nitrogens is 1. The first kappa shape index (κ1) is 20.3. The second-order valence-corrected chi connectivity index (χ2v) is 9.37. The zero-order valence-electron chi connectivity index (χ0n) is 16.6. The van der Waals surface area contributed by atoms with E-state index in [2.05, 4.69) is 20.9 Å². The summed E-state index contributed by atoms with van der Waals surface area (Å²) < 4.78 is 29.0. The summed E-state index contributed by atoms with van der Waals surface area (Å²) in [6, 6.07) is 16.5. The zero-order chi connectivity index (χ0) is 21.1. The smallest absolute Gasteiger partial charge is 0.175 e. The number of sulfone groups is 1. The predicted molar refractivity (Wildman–Crippen MR) is 112 cm³/mol. The van der Waals surface area contributed by atoms with Gasteiger partial charge in [0, 0.05) is 19.3 Å². The Balaban J connectivity index is 1.55. The number of morpholine rings is 1. The van der Waals surface area contributed by atoms with Gasteiger partial charge in [-0.1, -0.05) is 24.3 Å². The quantitative estimate of drug-likeness (QED) is 0.679. The van der Waals surface area contributed by atoms with E-state index in [4.69, 9.17) is 10.00 Å². The molecule has 3 aromatic rings. The van der Waals surface area contributed by atoms with Crippen molar-refractivity contribution in [3.8, 4) is 17.3 Å². The Labute approximate surface area is 175 Å². The van der Waals surface area contributed by atoms with Crippen LogP contribution < -0.4 is 0 Å². The van der Waals surface area contributed by atoms with Gasteiger partial charge in [-0.2, -0.15) is 5.26 Å². The summed E-state index contributed by atoms with van der Waals surface area (Å²) in [7, 11) is -3.22. The lowest BCUT2D eigenvalue weighted by Gasteiger charge is -2.34. The number of hydrogen-bond donors (Lipinski definition) is 1. The van der Waals surface area contributed by atoms with Crippen LogP contribution in [0, 0.1) is 11.3 Å². The second-order valence-electron chi connectivity index (χ2n) is 7.35. The third kappa shape index (κ3) is 4.44. The van der Waals surface area contributed by atoms with Crippen LogP contribution in [0.2, 0.25) is 0 Å². The summed E-state index contributed by atoms with van der Waals surface area (Å²) in [6.07, 6.45) is 2.95. The van der Waals surface area contributed by atoms with E-state index in [-0.39, 0.29) is 10.9 Å². The fourth-order valence-electron chi connectivity index (χ4n) is 3.59. The fourth-order valence-corrected chi connectivity index (χ4v) is 4.22. The van der Waals surface area contributed by atoms with Crippen molar-refractivity contribution < 1.29 is 13.2 Å². The highest BCUT2D eigenvalue weighted by Gasteiger charge is 2.27. The standard InChI is InChI=1S/C22H22N4O3S/c1-30(27,28)19-7-5-18(6-8-19)20-13-24-22(25-20)21-15-29-10-9-26(21)14-17-4-2-3-16(11-17)12-23/h2-8,11,13,21H,9-10,14-15H2,1H3,(H,24,25)/t21-/m0/s1. The molecule has 0 unspecified atom stereocenters. The maximum atomic E-state index is 11.7. The molecular formula is C22H22N4O3S. The van der Waals surface area contributed by atoms with Gasteiger partial charge in [0.05, 0.1) is 47.7 Å². The van der Waals surface area contributed by atoms with Gasteiger partial charge in [0.15, 0.2) is 9.84 Å². The first-order valence-electron chi connectivity index (χ1n) is 9.60. The van der Waals surface area contributed by atoms with Crippen molar-refractivity contribution in [3.05, 3.63) is 71.7 Å². The zero-order valence-corrected chi connectivity index (χ0v) is 17.4. The maximum absolute atomic E-state index is 11.7. The van der Waals surface area contributed by atoms with E-state index in [0.717, 1.165) is 29.2 Å². The molecule has 1 aliphatic rings. The van der Waals surface area contributed by atoms with Crippen molar-refractivity contribution in [2.75, 3.05) is 26.0 Å². The van der Waals surface area contributed by atoms with E-state index in [1.165, 1.54) is 6.26 Å². The summed E-state index contributed by atoms with van der Waals surface area (Å²) >= 11 is 0. The number of nitrogens with one attached hydrogen (secondary N) is 1. The molecule has 8 heteroatoms. The molecule has 0 radical (unpaired) electrons. The average molecular weight is 423 g/mol. The van der Waals surface area contributed by atoms with Gasteiger partial charge < -0.3 is 9.72 Å². The number of ether oxygens (including phenoxy) is 1. The van der Waals surface area contributed by atoms with E-state index in [1.54, 1.807) is 36.5 Å². The van der Waals surface area contributed by atoms with Gasteiger partial charge in [-0.15, -0.1) is 0 Å². The Kier molecular flexibility index (Phi) is 5.68. The van der Waals surface area contributed by atoms with E-state index < -0.39 is 9.84 Å². The number of benzene rings is 2. The Hall–Kier alpha value is -2.99. The highest BCUT2D eigenvalue weighted by Crippen LogP contribution is 2.27. The Bertz CT molecular complexity index is 1180. The van der Waals surface area contributed by atoms with Crippen LogP contribution in [-0.2, 0) is 21.1 Å². The summed E-state index contributed by atoms with van der Waals surface area (Å²) in [4.78, 5) is 10.5. The lowest BCUT2D eigenvalue weighted by atomic mass is 10.1. The van der Waals surface area contributed by atoms with Gasteiger partial charge in [0.1, 0.15) is 5.82 Å². The fraction of sp³-hybridized carbons (Fsp3) is 0.273. The predicted octanol–water partition coefficient (Wildman–Crippen LogP) is 2.93. The van der Waals surface area contributed by atoms with Crippen molar-refractivity contribution in [1.82, 2.24) is 14.9 Å². The lowest BCUT2D eigenvalue weighted by molar-refractivity contribution is -0.0156. The highest BCUT2D eigenvalue weighted by molar-refractivity contribution is 7.90. The minimum Gasteiger partial charge on any atom is -0.378 e. The number of nitriles is 1. The van der Waals surface area contributed by atoms with Crippen LogP contribution in [0.1, 0.15) is 23.0 Å². The molecule has 1 N–H and O–H groups in total. The third-order valence-corrected chi connectivity index (χ3v) is 6.31. The molecule has 154 valence electrons. The molecular weight excluding hydrogens is 400 g/mol. The van der Waals surface area contributed by atoms with Gasteiger partial charge >= 0.3 is 0 Å². The second kappa shape index (κ2) is 8.40. The lowest BCUT2D eigenvalue weighted by Crippen LogP contribution is -2.39. The van der Waals surface area contributed by atoms with Gasteiger partial charge in [-0.3, -0.25) is 4.90 Å². The van der Waals surface area contributed by atoms with Crippen molar-refractivity contribution in [1.29, 1.82) is 5.26 Å². The van der Waals surface area contributed by atoms with E-state index in [1.807, 2.05) is 18.2 Å². The van der Waals surface area contributed by atoms with Crippen molar-refractivity contribution >= 4 is 9.84 Å². The Morgan fingerprint density at radius 2 is 2.07 bits per heavy atom. The van der Waals surface area contributed by atoms with Crippen molar-refractivity contribution in [2.45, 2.75) is 17.5 Å². The van der Waals surface area contributed by atoms with E-state index >= 15 is 0 Å². The molecule has 0 bridgehead atoms. The minimum atomic E-state index is -3.22. The monoisotopic (exact) mass is 422 g/mol. The van der Waals surface area contributed by atoms with Crippen LogP contribution in [0.3, 0.4) is 0 Å². The summed E-state index contributed by atoms with van der Waals surface area (Å²) in [6.45, 7) is 2.63. The topological polar surface area (TPSA) is 99.1 Å². The molecule has 4 rings (SSSR count). The van der Waals surface area contributed by atoms with Crippen molar-refractivity contribution in [2.24, 2.45) is 0 Å². The Morgan fingerprint density at radius 3 is 2.80 bits per heavy atom. The van der Waals surface area contributed by atoms with Gasteiger partial charge in [-0.05, 0) is 35.4 Å². The van der Waals surface area contributed by atoms with Gasteiger partial charge in [-0.25, -0.2) is 13.4 Å². The molecule has 1 fully saturated rings. The normalized spacial score (nSPS) is 17.5. The average Bonchev–Trinajstić information content (AvgIpc) is 3.24. The van der Waals surface area contributed by atoms with Crippen molar-refractivity contribution in [3.63, 3.8) is 0 Å². The molecule has 1 atom stereocenters. The van der Waals surface area contributed by atoms with E-state index in [9.17, 15) is 8.42 Å². The molecule has 2 aromatic carbocycles. The first-order chi connectivity index (χ1) is 14.4. The molecule has 30 heavy (non-hydrogen) atoms. The molecule has 1 aliphatic heterocycles. The number of imidazole rings is 1. The Morgan fingerprint density at radius 1 is 1.27 bits per heavy atom. The SMILES string of the molecule is CS(=O)(=O)c1ccc(-c2cnc([C@@H]3COCCN3Cc3cccc(C#N)c3)[nH]2)cc1. The number of aromatic nitrogens is 2. The molecule has 7 nitrogen and oxygen atoms in total. The van der Waals surface area contributed by atoms with Gasteiger partial charge in [0.25, 0.3) is 0 Å². The number of rotatable bonds is 5. The molecule has 0 spiro atoms. The highest BCUT2D eigenvalue weighted by atomic mass is 32.2. The molecule has 1 saturated heterocycles. The van der Waals surface area contributed by atoms with E-state index in [0.29, 0.717) is 25.3 Å². The number of aromatic amines is 1. The summed E-state index contributed by atoms with van der Waals surface area (Å²) in [5, 5.41) is 9.14. The first-order valence-corrected chi connectivity index (χ1v) is 11.5. The summed E-state index contributed by atoms with van der Waals surface area (Å²) in [5.74, 6) is 0.799. The third-order valence-electron chi connectivity index (χ3n) is 5.19. The van der Waals surface area contributed by atoms with Gasteiger partial charge in [0.2, 0.25) is 0 Å². The largest absolute Gasteiger partial charge is 0.378 e. The maximum Gasteiger partial charge on any atom is 0.175 e. The molecule has 0 aliphatic carbocycles. The van der Waals surface area contributed by atoms with Crippen LogP contribution in [0.25, 0.3) is 11.3 Å². The van der Waals surface area contributed by atoms with Crippen LogP contribution in [0.15, 0.2) is 59.6 Å². The summed E-state index contributed by atoms with van der Waals surface area (Å²) in [5.41, 5.74) is 3.41. The number of nitrogens with zero attached hydrogens (tertiary/aromatic N) is 3. The van der Waals surface area contributed by atoms with Crippen LogP contribution >= 0.6 is 0 Å². The minimum absolute atomic E-state index is 0.0338. The van der Waals surface area contributed by atoms with Crippen LogP contribution in [0.4, 0.5) is 0 Å². The molecule has 2 heterocycles. The molecule has 0 saturated carbocycles. The van der Waals surface area contributed by atoms with Crippen LogP contribution in [-0.4, -0.2) is 49.3 Å².